The van der Waals surface area contributed by atoms with Crippen molar-refractivity contribution in [2.75, 3.05) is 24.5 Å². The lowest BCUT2D eigenvalue weighted by atomic mass is 9.77. The van der Waals surface area contributed by atoms with Crippen molar-refractivity contribution in [3.8, 4) is 0 Å². The lowest BCUT2D eigenvalue weighted by Crippen LogP contribution is -2.42. The van der Waals surface area contributed by atoms with Crippen molar-refractivity contribution in [1.29, 1.82) is 0 Å². The van der Waals surface area contributed by atoms with Crippen molar-refractivity contribution in [3.63, 3.8) is 0 Å². The fraction of sp³-hybridized carbons (Fsp3) is 0.450. The summed E-state index contributed by atoms with van der Waals surface area (Å²) in [4.78, 5) is 25.6. The smallest absolute Gasteiger partial charge is 0.223 e. The third-order valence-corrected chi connectivity index (χ3v) is 5.85. The fourth-order valence-electron chi connectivity index (χ4n) is 4.10. The highest BCUT2D eigenvalue weighted by molar-refractivity contribution is 6.30. The maximum absolute atomic E-state index is 12.6. The van der Waals surface area contributed by atoms with Gasteiger partial charge >= 0.3 is 0 Å². The van der Waals surface area contributed by atoms with Gasteiger partial charge in [0.25, 0.3) is 0 Å². The number of carbonyl (C=O) groups is 1. The maximum atomic E-state index is 12.6. The highest BCUT2D eigenvalue weighted by atomic mass is 35.5. The molecule has 0 N–H and O–H groups in total. The zero-order valence-electron chi connectivity index (χ0n) is 15.0. The molecule has 2 aliphatic heterocycles. The van der Waals surface area contributed by atoms with E-state index in [0.717, 1.165) is 54.7 Å². The molecule has 0 bridgehead atoms. The summed E-state index contributed by atoms with van der Waals surface area (Å²) in [6.07, 6.45) is 4.53. The Hall–Kier alpha value is -2.14. The standard InChI is InChI=1S/C20H23ClN4O/c1-15-22-9-6-18(23-15)24-10-7-20(8-11-24)12-19(26)25(14-20)13-16-2-4-17(21)5-3-16/h2-6,9H,7-8,10-14H2,1H3. The van der Waals surface area contributed by atoms with Crippen molar-refractivity contribution < 1.29 is 4.79 Å². The molecule has 0 saturated carbocycles. The number of hydrogen-bond donors (Lipinski definition) is 0. The number of halogens is 1. The molecule has 1 aromatic carbocycles. The molecule has 26 heavy (non-hydrogen) atoms. The van der Waals surface area contributed by atoms with Crippen molar-refractivity contribution in [2.45, 2.75) is 32.7 Å². The Balaban J connectivity index is 1.40. The summed E-state index contributed by atoms with van der Waals surface area (Å²) in [6.45, 7) is 5.33. The van der Waals surface area contributed by atoms with E-state index >= 15 is 0 Å². The predicted octanol–water partition coefficient (Wildman–Crippen LogP) is 3.46. The van der Waals surface area contributed by atoms with Gasteiger partial charge < -0.3 is 9.80 Å². The van der Waals surface area contributed by atoms with Crippen LogP contribution in [-0.2, 0) is 11.3 Å². The van der Waals surface area contributed by atoms with Crippen LogP contribution in [0.1, 0.15) is 30.7 Å². The van der Waals surface area contributed by atoms with Crippen LogP contribution in [0.5, 0.6) is 0 Å². The van der Waals surface area contributed by atoms with Crippen LogP contribution in [0.4, 0.5) is 5.82 Å². The first-order valence-corrected chi connectivity index (χ1v) is 9.48. The molecule has 1 spiro atoms. The normalized spacial score (nSPS) is 19.4. The Bertz CT molecular complexity index is 800. The molecule has 0 unspecified atom stereocenters. The van der Waals surface area contributed by atoms with E-state index in [1.54, 1.807) is 0 Å². The number of benzene rings is 1. The lowest BCUT2D eigenvalue weighted by molar-refractivity contribution is -0.128. The third-order valence-electron chi connectivity index (χ3n) is 5.60. The monoisotopic (exact) mass is 370 g/mol. The largest absolute Gasteiger partial charge is 0.356 e. The zero-order valence-corrected chi connectivity index (χ0v) is 15.7. The lowest BCUT2D eigenvalue weighted by Gasteiger charge is -2.39. The molecule has 6 heteroatoms. The molecule has 0 radical (unpaired) electrons. The predicted molar refractivity (Wildman–Crippen MR) is 102 cm³/mol. The number of piperidine rings is 1. The van der Waals surface area contributed by atoms with Gasteiger partial charge in [-0.05, 0) is 43.5 Å². The van der Waals surface area contributed by atoms with E-state index in [1.807, 2.05) is 48.4 Å². The highest BCUT2D eigenvalue weighted by Crippen LogP contribution is 2.42. The molecular formula is C20H23ClN4O. The van der Waals surface area contributed by atoms with Crippen LogP contribution in [0, 0.1) is 12.3 Å². The Morgan fingerprint density at radius 1 is 1.15 bits per heavy atom. The molecule has 136 valence electrons. The second-order valence-electron chi connectivity index (χ2n) is 7.50. The van der Waals surface area contributed by atoms with Crippen LogP contribution in [0.15, 0.2) is 36.5 Å². The Kier molecular flexibility index (Phi) is 4.57. The SMILES string of the molecule is Cc1nccc(N2CCC3(CC2)CC(=O)N(Cc2ccc(Cl)cc2)C3)n1. The quantitative estimate of drug-likeness (QED) is 0.830. The average Bonchev–Trinajstić information content (AvgIpc) is 2.92. The van der Waals surface area contributed by atoms with E-state index < -0.39 is 0 Å². The van der Waals surface area contributed by atoms with Crippen LogP contribution in [0.3, 0.4) is 0 Å². The van der Waals surface area contributed by atoms with Crippen LogP contribution in [0.25, 0.3) is 0 Å². The summed E-state index contributed by atoms with van der Waals surface area (Å²) in [5.74, 6) is 2.06. The molecule has 2 fully saturated rings. The molecule has 3 heterocycles. The van der Waals surface area contributed by atoms with Gasteiger partial charge in [0.15, 0.2) is 0 Å². The first-order chi connectivity index (χ1) is 12.5. The number of nitrogens with zero attached hydrogens (tertiary/aromatic N) is 4. The molecule has 0 aliphatic carbocycles. The molecule has 1 amide bonds. The fourth-order valence-corrected chi connectivity index (χ4v) is 4.23. The molecular weight excluding hydrogens is 348 g/mol. The number of hydrogen-bond acceptors (Lipinski definition) is 4. The van der Waals surface area contributed by atoms with Crippen molar-refractivity contribution in [1.82, 2.24) is 14.9 Å². The number of likely N-dealkylation sites (tertiary alicyclic amines) is 1. The number of amides is 1. The van der Waals surface area contributed by atoms with Crippen LogP contribution < -0.4 is 4.90 Å². The molecule has 0 atom stereocenters. The van der Waals surface area contributed by atoms with E-state index in [9.17, 15) is 4.79 Å². The topological polar surface area (TPSA) is 49.3 Å². The van der Waals surface area contributed by atoms with Gasteiger partial charge in [-0.3, -0.25) is 4.79 Å². The molecule has 2 aromatic rings. The van der Waals surface area contributed by atoms with E-state index in [0.29, 0.717) is 13.0 Å². The first kappa shape index (κ1) is 17.3. The maximum Gasteiger partial charge on any atom is 0.223 e. The minimum absolute atomic E-state index is 0.113. The van der Waals surface area contributed by atoms with Gasteiger partial charge in [-0.15, -0.1) is 0 Å². The van der Waals surface area contributed by atoms with Crippen molar-refractivity contribution in [2.24, 2.45) is 5.41 Å². The zero-order chi connectivity index (χ0) is 18.1. The van der Waals surface area contributed by atoms with Gasteiger partial charge in [0.05, 0.1) is 0 Å². The number of anilines is 1. The summed E-state index contributed by atoms with van der Waals surface area (Å²) in [6, 6.07) is 9.74. The number of aryl methyl sites for hydroxylation is 1. The summed E-state index contributed by atoms with van der Waals surface area (Å²) >= 11 is 5.95. The van der Waals surface area contributed by atoms with Crippen molar-refractivity contribution >= 4 is 23.3 Å². The first-order valence-electron chi connectivity index (χ1n) is 9.10. The summed E-state index contributed by atoms with van der Waals surface area (Å²) in [7, 11) is 0. The van der Waals surface area contributed by atoms with Crippen molar-refractivity contribution in [3.05, 3.63) is 52.9 Å². The Morgan fingerprint density at radius 2 is 1.88 bits per heavy atom. The minimum atomic E-state index is 0.113. The van der Waals surface area contributed by atoms with Crippen LogP contribution in [0.2, 0.25) is 5.02 Å². The summed E-state index contributed by atoms with van der Waals surface area (Å²) in [5.41, 5.74) is 1.25. The second kappa shape index (κ2) is 6.88. The highest BCUT2D eigenvalue weighted by Gasteiger charge is 2.44. The van der Waals surface area contributed by atoms with E-state index in [1.165, 1.54) is 0 Å². The molecule has 1 aromatic heterocycles. The van der Waals surface area contributed by atoms with Gasteiger partial charge in [-0.25, -0.2) is 9.97 Å². The van der Waals surface area contributed by atoms with Gasteiger partial charge in [0.1, 0.15) is 11.6 Å². The van der Waals surface area contributed by atoms with Crippen LogP contribution in [-0.4, -0.2) is 40.4 Å². The Morgan fingerprint density at radius 3 is 2.58 bits per heavy atom. The van der Waals surface area contributed by atoms with Gasteiger partial charge in [-0.1, -0.05) is 23.7 Å². The second-order valence-corrected chi connectivity index (χ2v) is 7.94. The minimum Gasteiger partial charge on any atom is -0.356 e. The molecule has 2 saturated heterocycles. The Labute approximate surface area is 159 Å². The van der Waals surface area contributed by atoms with Crippen LogP contribution >= 0.6 is 11.6 Å². The molecule has 4 rings (SSSR count). The molecule has 5 nitrogen and oxygen atoms in total. The molecule has 2 aliphatic rings. The van der Waals surface area contributed by atoms with E-state index in [-0.39, 0.29) is 11.3 Å². The average molecular weight is 371 g/mol. The third kappa shape index (κ3) is 3.54. The van der Waals surface area contributed by atoms with Gasteiger partial charge in [-0.2, -0.15) is 0 Å². The summed E-state index contributed by atoms with van der Waals surface area (Å²) < 4.78 is 0. The number of rotatable bonds is 3. The van der Waals surface area contributed by atoms with Gasteiger partial charge in [0.2, 0.25) is 5.91 Å². The number of aromatic nitrogens is 2. The summed E-state index contributed by atoms with van der Waals surface area (Å²) in [5, 5.41) is 0.727. The number of carbonyl (C=O) groups excluding carboxylic acids is 1. The van der Waals surface area contributed by atoms with E-state index in [4.69, 9.17) is 11.6 Å². The van der Waals surface area contributed by atoms with E-state index in [2.05, 4.69) is 14.9 Å². The van der Waals surface area contributed by atoms with Gasteiger partial charge in [0, 0.05) is 49.2 Å².